The molecule has 0 spiro atoms. The van der Waals surface area contributed by atoms with Crippen molar-refractivity contribution in [1.82, 2.24) is 0 Å². The van der Waals surface area contributed by atoms with Gasteiger partial charge in [-0.25, -0.2) is 0 Å². The van der Waals surface area contributed by atoms with Gasteiger partial charge >= 0.3 is 0 Å². The minimum atomic E-state index is 0.337. The van der Waals surface area contributed by atoms with Crippen molar-refractivity contribution in [2.45, 2.75) is 12.5 Å². The Labute approximate surface area is 122 Å². The molecule has 0 amide bonds. The second-order valence-electron chi connectivity index (χ2n) is 4.74. The number of para-hydroxylation sites is 1. The van der Waals surface area contributed by atoms with Crippen LogP contribution in [0.25, 0.3) is 0 Å². The van der Waals surface area contributed by atoms with Crippen molar-refractivity contribution in [2.24, 2.45) is 0 Å². The Morgan fingerprint density at radius 1 is 0.947 bits per heavy atom. The van der Waals surface area contributed by atoms with Crippen molar-refractivity contribution in [2.75, 3.05) is 11.4 Å². The zero-order valence-electron chi connectivity index (χ0n) is 10.7. The summed E-state index contributed by atoms with van der Waals surface area (Å²) in [6.45, 7) is 1.07. The van der Waals surface area contributed by atoms with Crippen LogP contribution in [0.15, 0.2) is 71.2 Å². The van der Waals surface area contributed by atoms with Gasteiger partial charge < -0.3 is 4.90 Å². The molecule has 2 aromatic rings. The van der Waals surface area contributed by atoms with Crippen LogP contribution in [0.5, 0.6) is 0 Å². The smallest absolute Gasteiger partial charge is 0.0726 e. The molecule has 1 aliphatic rings. The first-order chi connectivity index (χ1) is 9.34. The molecule has 19 heavy (non-hydrogen) atoms. The van der Waals surface area contributed by atoms with E-state index in [0.717, 1.165) is 17.4 Å². The van der Waals surface area contributed by atoms with E-state index < -0.39 is 0 Å². The molecule has 0 radical (unpaired) electrons. The molecule has 0 bridgehead atoms. The van der Waals surface area contributed by atoms with Crippen molar-refractivity contribution < 1.29 is 0 Å². The predicted octanol–water partition coefficient (Wildman–Crippen LogP) is 4.96. The first kappa shape index (κ1) is 12.5. The van der Waals surface area contributed by atoms with E-state index in [0.29, 0.717) is 6.04 Å². The predicted molar refractivity (Wildman–Crippen MR) is 84.4 cm³/mol. The first-order valence-corrected chi connectivity index (χ1v) is 7.38. The average Bonchev–Trinajstić information content (AvgIpc) is 2.49. The molecule has 3 rings (SSSR count). The van der Waals surface area contributed by atoms with Crippen molar-refractivity contribution in [1.29, 1.82) is 0 Å². The van der Waals surface area contributed by atoms with Crippen LogP contribution >= 0.6 is 15.9 Å². The van der Waals surface area contributed by atoms with Crippen molar-refractivity contribution >= 4 is 21.6 Å². The molecule has 0 saturated carbocycles. The molecule has 2 aromatic carbocycles. The van der Waals surface area contributed by atoms with E-state index in [9.17, 15) is 0 Å². The van der Waals surface area contributed by atoms with E-state index >= 15 is 0 Å². The Balaban J connectivity index is 1.95. The fourth-order valence-electron chi connectivity index (χ4n) is 2.54. The topological polar surface area (TPSA) is 3.24 Å². The van der Waals surface area contributed by atoms with E-state index in [1.807, 2.05) is 0 Å². The fourth-order valence-corrected chi connectivity index (χ4v) is 2.81. The van der Waals surface area contributed by atoms with Gasteiger partial charge in [-0.3, -0.25) is 0 Å². The largest absolute Gasteiger partial charge is 0.361 e. The number of benzene rings is 2. The highest BCUT2D eigenvalue weighted by Crippen LogP contribution is 2.31. The third-order valence-corrected chi connectivity index (χ3v) is 4.02. The second kappa shape index (κ2) is 5.62. The minimum absolute atomic E-state index is 0.337. The molecule has 0 N–H and O–H groups in total. The molecule has 1 unspecified atom stereocenters. The van der Waals surface area contributed by atoms with Crippen molar-refractivity contribution in [3.8, 4) is 0 Å². The van der Waals surface area contributed by atoms with Crippen LogP contribution in [0, 0.1) is 0 Å². The monoisotopic (exact) mass is 313 g/mol. The van der Waals surface area contributed by atoms with Gasteiger partial charge in [-0.05, 0) is 36.2 Å². The Morgan fingerprint density at radius 3 is 2.42 bits per heavy atom. The van der Waals surface area contributed by atoms with E-state index in [1.165, 1.54) is 11.3 Å². The Bertz CT molecular complexity index is 560. The summed E-state index contributed by atoms with van der Waals surface area (Å²) in [5.41, 5.74) is 2.63. The molecule has 2 heteroatoms. The highest BCUT2D eigenvalue weighted by atomic mass is 79.9. The fraction of sp³-hybridized carbons (Fsp3) is 0.176. The minimum Gasteiger partial charge on any atom is -0.361 e. The van der Waals surface area contributed by atoms with E-state index in [1.54, 1.807) is 0 Å². The summed E-state index contributed by atoms with van der Waals surface area (Å²) in [4.78, 5) is 2.46. The van der Waals surface area contributed by atoms with Gasteiger partial charge in [0.2, 0.25) is 0 Å². The standard InChI is InChI=1S/C17H16BrN/c18-15-11-9-14(10-12-15)17-8-4-5-13-19(17)16-6-2-1-3-7-16/h1-4,6-12,17H,5,13H2. The molecule has 0 aromatic heterocycles. The van der Waals surface area contributed by atoms with E-state index in [4.69, 9.17) is 0 Å². The Kier molecular flexibility index (Phi) is 3.69. The summed E-state index contributed by atoms with van der Waals surface area (Å²) in [5.74, 6) is 0. The SMILES string of the molecule is Brc1ccc(C2C=CCCN2c2ccccc2)cc1. The van der Waals surface area contributed by atoms with Crippen LogP contribution in [0.3, 0.4) is 0 Å². The molecule has 1 aliphatic heterocycles. The zero-order chi connectivity index (χ0) is 13.1. The van der Waals surface area contributed by atoms with Gasteiger partial charge in [-0.1, -0.05) is 58.4 Å². The maximum Gasteiger partial charge on any atom is 0.0726 e. The maximum absolute atomic E-state index is 3.50. The van der Waals surface area contributed by atoms with Crippen LogP contribution in [-0.4, -0.2) is 6.54 Å². The van der Waals surface area contributed by atoms with Crippen LogP contribution in [-0.2, 0) is 0 Å². The van der Waals surface area contributed by atoms with Crippen LogP contribution in [0.4, 0.5) is 5.69 Å². The molecular weight excluding hydrogens is 298 g/mol. The summed E-state index contributed by atoms with van der Waals surface area (Å²) < 4.78 is 1.13. The second-order valence-corrected chi connectivity index (χ2v) is 5.66. The number of halogens is 1. The lowest BCUT2D eigenvalue weighted by molar-refractivity contribution is 0.692. The lowest BCUT2D eigenvalue weighted by atomic mass is 10.0. The lowest BCUT2D eigenvalue weighted by Crippen LogP contribution is -2.30. The lowest BCUT2D eigenvalue weighted by Gasteiger charge is -2.34. The summed E-state index contributed by atoms with van der Waals surface area (Å²) in [6, 6.07) is 19.6. The molecule has 1 atom stereocenters. The summed E-state index contributed by atoms with van der Waals surface area (Å²) in [5, 5.41) is 0. The van der Waals surface area contributed by atoms with Crippen LogP contribution in [0.2, 0.25) is 0 Å². The van der Waals surface area contributed by atoms with Crippen molar-refractivity contribution in [3.05, 3.63) is 76.8 Å². The van der Waals surface area contributed by atoms with Crippen LogP contribution in [0.1, 0.15) is 18.0 Å². The maximum atomic E-state index is 3.50. The van der Waals surface area contributed by atoms with E-state index in [-0.39, 0.29) is 0 Å². The van der Waals surface area contributed by atoms with Gasteiger partial charge in [0.15, 0.2) is 0 Å². The van der Waals surface area contributed by atoms with E-state index in [2.05, 4.69) is 87.6 Å². The summed E-state index contributed by atoms with van der Waals surface area (Å²) in [7, 11) is 0. The number of hydrogen-bond donors (Lipinski definition) is 0. The van der Waals surface area contributed by atoms with Gasteiger partial charge in [-0.2, -0.15) is 0 Å². The molecule has 0 aliphatic carbocycles. The Hall–Kier alpha value is -1.54. The third-order valence-electron chi connectivity index (χ3n) is 3.49. The van der Waals surface area contributed by atoms with Gasteiger partial charge in [0.25, 0.3) is 0 Å². The number of nitrogens with zero attached hydrogens (tertiary/aromatic N) is 1. The quantitative estimate of drug-likeness (QED) is 0.708. The van der Waals surface area contributed by atoms with Gasteiger partial charge in [0.1, 0.15) is 0 Å². The summed E-state index contributed by atoms with van der Waals surface area (Å²) >= 11 is 3.50. The highest BCUT2D eigenvalue weighted by Gasteiger charge is 2.20. The molecule has 0 saturated heterocycles. The summed E-state index contributed by atoms with van der Waals surface area (Å²) in [6.07, 6.45) is 5.70. The van der Waals surface area contributed by atoms with Gasteiger partial charge in [0.05, 0.1) is 6.04 Å². The van der Waals surface area contributed by atoms with Gasteiger partial charge in [0, 0.05) is 16.7 Å². The van der Waals surface area contributed by atoms with Gasteiger partial charge in [-0.15, -0.1) is 0 Å². The average molecular weight is 314 g/mol. The first-order valence-electron chi connectivity index (χ1n) is 6.58. The third kappa shape index (κ3) is 2.74. The number of hydrogen-bond acceptors (Lipinski definition) is 1. The highest BCUT2D eigenvalue weighted by molar-refractivity contribution is 9.10. The molecule has 1 heterocycles. The number of rotatable bonds is 2. The number of anilines is 1. The molecule has 96 valence electrons. The molecule has 1 nitrogen and oxygen atoms in total. The zero-order valence-corrected chi connectivity index (χ0v) is 12.3. The Morgan fingerprint density at radius 2 is 1.68 bits per heavy atom. The normalized spacial score (nSPS) is 18.6. The van der Waals surface area contributed by atoms with Crippen molar-refractivity contribution in [3.63, 3.8) is 0 Å². The van der Waals surface area contributed by atoms with Crippen LogP contribution < -0.4 is 4.90 Å². The molecule has 0 fully saturated rings. The molecular formula is C17H16BrN.